The van der Waals surface area contributed by atoms with Crippen LogP contribution in [0, 0.1) is 0 Å². The average molecular weight is 557 g/mol. The van der Waals surface area contributed by atoms with Crippen molar-refractivity contribution in [3.05, 3.63) is 131 Å². The van der Waals surface area contributed by atoms with E-state index in [0.717, 1.165) is 45.1 Å². The number of ether oxygens (including phenoxy) is 2. The van der Waals surface area contributed by atoms with Gasteiger partial charge in [-0.1, -0.05) is 72.0 Å². The number of hydrogen-bond donors (Lipinski definition) is 0. The van der Waals surface area contributed by atoms with Crippen LogP contribution in [0.2, 0.25) is 0 Å². The molecule has 4 aromatic carbocycles. The molecule has 0 saturated carbocycles. The molecule has 6 aromatic rings. The minimum atomic E-state index is 0. The van der Waals surface area contributed by atoms with E-state index < -0.39 is 0 Å². The number of benzene rings is 4. The normalized spacial score (nSPS) is 14.9. The van der Waals surface area contributed by atoms with Crippen LogP contribution in [0.5, 0.6) is 11.5 Å². The zero-order chi connectivity index (χ0) is 25.3. The van der Waals surface area contributed by atoms with Crippen LogP contribution in [0.3, 0.4) is 0 Å². The van der Waals surface area contributed by atoms with Crippen LogP contribution in [-0.4, -0.2) is 9.97 Å². The first kappa shape index (κ1) is 24.3. The molecule has 39 heavy (non-hydrogen) atoms. The Kier molecular flexibility index (Phi) is 6.49. The Morgan fingerprint density at radius 3 is 1.36 bits per heavy atom. The van der Waals surface area contributed by atoms with Crippen molar-refractivity contribution >= 4 is 45.7 Å². The van der Waals surface area contributed by atoms with Gasteiger partial charge in [-0.15, -0.1) is 0 Å². The molecule has 0 atom stereocenters. The van der Waals surface area contributed by atoms with E-state index in [9.17, 15) is 0 Å². The quantitative estimate of drug-likeness (QED) is 0.198. The van der Waals surface area contributed by atoms with Gasteiger partial charge in [0, 0.05) is 23.9 Å². The molecular formula is C30H18N4NiO4. The molecule has 4 heterocycles. The molecular weight excluding hydrogens is 539 g/mol. The summed E-state index contributed by atoms with van der Waals surface area (Å²) in [6.45, 7) is 0. The zero-order valence-corrected chi connectivity index (χ0v) is 21.1. The first-order valence-corrected chi connectivity index (χ1v) is 11.9. The van der Waals surface area contributed by atoms with E-state index in [0.29, 0.717) is 23.5 Å². The predicted molar refractivity (Wildman–Crippen MR) is 144 cm³/mol. The van der Waals surface area contributed by atoms with E-state index in [1.165, 1.54) is 0 Å². The smallest absolute Gasteiger partial charge is 0.624 e. The molecule has 0 unspecified atom stereocenters. The van der Waals surface area contributed by atoms with Crippen molar-refractivity contribution in [2.45, 2.75) is 0 Å². The first-order valence-electron chi connectivity index (χ1n) is 11.9. The number of fused-ring (bicyclic) bond motifs is 4. The number of para-hydroxylation sites is 8. The van der Waals surface area contributed by atoms with Crippen molar-refractivity contribution in [1.82, 2.24) is 9.97 Å². The van der Waals surface area contributed by atoms with E-state index in [2.05, 4.69) is 20.6 Å². The molecule has 2 aliphatic heterocycles. The number of aromatic nitrogens is 2. The summed E-state index contributed by atoms with van der Waals surface area (Å²) in [4.78, 5) is 8.71. The fraction of sp³-hybridized carbons (Fsp3) is 0. The van der Waals surface area contributed by atoms with Gasteiger partial charge >= 0.3 is 16.5 Å². The molecule has 0 bridgehead atoms. The maximum atomic E-state index is 5.60. The molecule has 8 nitrogen and oxygen atoms in total. The zero-order valence-electron chi connectivity index (χ0n) is 20.1. The van der Waals surface area contributed by atoms with Gasteiger partial charge < -0.3 is 28.9 Å². The van der Waals surface area contributed by atoms with Crippen LogP contribution < -0.4 is 9.47 Å². The summed E-state index contributed by atoms with van der Waals surface area (Å²) < 4.78 is 22.4. The minimum absolute atomic E-state index is 0. The second-order valence-corrected chi connectivity index (χ2v) is 8.37. The van der Waals surface area contributed by atoms with Gasteiger partial charge in [0.15, 0.2) is 11.2 Å². The summed E-state index contributed by atoms with van der Waals surface area (Å²) in [5, 5.41) is 8.71. The van der Waals surface area contributed by atoms with Crippen LogP contribution in [-0.2, 0) is 16.5 Å². The van der Waals surface area contributed by atoms with Gasteiger partial charge in [-0.25, -0.2) is 9.97 Å². The maximum absolute atomic E-state index is 5.60. The van der Waals surface area contributed by atoms with Crippen LogP contribution in [0.25, 0.3) is 45.0 Å². The SMILES string of the molecule is C(=C1/[N-]c2ccccc2O1)/c1nc2ccccc2o1.C(=C1/[N-]c2ccccc2O1)/c1nc2ccccc2o1.[Ni+2]. The van der Waals surface area contributed by atoms with Crippen LogP contribution in [0.15, 0.2) is 118 Å². The van der Waals surface area contributed by atoms with Crippen LogP contribution >= 0.6 is 0 Å². The third-order valence-corrected chi connectivity index (χ3v) is 5.74. The van der Waals surface area contributed by atoms with Gasteiger partial charge in [0.05, 0.1) is 0 Å². The topological polar surface area (TPSA) is 98.7 Å². The maximum Gasteiger partial charge on any atom is 2.00 e. The molecule has 2 aromatic heterocycles. The third-order valence-electron chi connectivity index (χ3n) is 5.74. The summed E-state index contributed by atoms with van der Waals surface area (Å²) in [5.74, 6) is 3.48. The predicted octanol–water partition coefficient (Wildman–Crippen LogP) is 8.45. The second-order valence-electron chi connectivity index (χ2n) is 8.37. The molecule has 0 saturated heterocycles. The molecule has 9 heteroatoms. The van der Waals surface area contributed by atoms with E-state index in [4.69, 9.17) is 18.3 Å². The summed E-state index contributed by atoms with van der Waals surface area (Å²) in [7, 11) is 0. The number of rotatable bonds is 2. The summed E-state index contributed by atoms with van der Waals surface area (Å²) >= 11 is 0. The third kappa shape index (κ3) is 5.08. The van der Waals surface area contributed by atoms with Crippen LogP contribution in [0.1, 0.15) is 11.8 Å². The number of oxazole rings is 2. The number of hydrogen-bond acceptors (Lipinski definition) is 6. The van der Waals surface area contributed by atoms with Crippen molar-refractivity contribution in [2.75, 3.05) is 0 Å². The Bertz CT molecular complexity index is 1600. The van der Waals surface area contributed by atoms with Gasteiger partial charge in [-0.3, -0.25) is 0 Å². The van der Waals surface area contributed by atoms with Crippen LogP contribution in [0.4, 0.5) is 11.4 Å². The summed E-state index contributed by atoms with van der Waals surface area (Å²) in [6.07, 6.45) is 3.39. The van der Waals surface area contributed by atoms with E-state index in [-0.39, 0.29) is 16.5 Å². The Labute approximate surface area is 232 Å². The Balaban J connectivity index is 0.000000138. The van der Waals surface area contributed by atoms with Crippen molar-refractivity contribution in [3.8, 4) is 11.5 Å². The monoisotopic (exact) mass is 556 g/mol. The molecule has 2 aliphatic rings. The number of nitrogens with zero attached hydrogens (tertiary/aromatic N) is 4. The Morgan fingerprint density at radius 2 is 0.923 bits per heavy atom. The Hall–Kier alpha value is -5.01. The van der Waals surface area contributed by atoms with E-state index in [1.54, 1.807) is 12.2 Å². The first-order chi connectivity index (χ1) is 18.8. The molecule has 0 fully saturated rings. The van der Waals surface area contributed by atoms with Gasteiger partial charge in [-0.05, 0) is 36.4 Å². The molecule has 0 N–H and O–H groups in total. The van der Waals surface area contributed by atoms with Gasteiger partial charge in [0.1, 0.15) is 22.5 Å². The molecule has 8 rings (SSSR count). The van der Waals surface area contributed by atoms with E-state index >= 15 is 0 Å². The fourth-order valence-corrected chi connectivity index (χ4v) is 4.02. The molecule has 0 radical (unpaired) electrons. The molecule has 0 spiro atoms. The van der Waals surface area contributed by atoms with Gasteiger partial charge in [0.25, 0.3) is 0 Å². The molecule has 0 aliphatic carbocycles. The molecule has 192 valence electrons. The van der Waals surface area contributed by atoms with E-state index in [1.807, 2.05) is 97.1 Å². The largest absolute Gasteiger partial charge is 2.00 e. The summed E-state index contributed by atoms with van der Waals surface area (Å²) in [5.41, 5.74) is 4.80. The summed E-state index contributed by atoms with van der Waals surface area (Å²) in [6, 6.07) is 30.5. The van der Waals surface area contributed by atoms with Gasteiger partial charge in [-0.2, -0.15) is 0 Å². The van der Waals surface area contributed by atoms with Crippen molar-refractivity contribution in [2.24, 2.45) is 0 Å². The van der Waals surface area contributed by atoms with Crippen molar-refractivity contribution in [1.29, 1.82) is 0 Å². The minimum Gasteiger partial charge on any atom is -0.624 e. The molecule has 0 amide bonds. The van der Waals surface area contributed by atoms with Crippen molar-refractivity contribution < 1.29 is 34.8 Å². The average Bonchev–Trinajstić information content (AvgIpc) is 3.71. The van der Waals surface area contributed by atoms with Crippen molar-refractivity contribution in [3.63, 3.8) is 0 Å². The second kappa shape index (κ2) is 10.4. The Morgan fingerprint density at radius 1 is 0.513 bits per heavy atom. The standard InChI is InChI=1S/2C15H9N2O2.Ni/c2*1-3-7-12-10(5-1)16-14(18-12)9-15-17-11-6-2-4-8-13(11)19-15;/h2*1-9H;/q2*-1;+2/b2*14-9+;. The van der Waals surface area contributed by atoms with Gasteiger partial charge in [0.2, 0.25) is 11.8 Å². The fourth-order valence-electron chi connectivity index (χ4n) is 4.02.